The zero-order valence-corrected chi connectivity index (χ0v) is 13.4. The van der Waals surface area contributed by atoms with Gasteiger partial charge in [-0.05, 0) is 64.7 Å². The van der Waals surface area contributed by atoms with Crippen LogP contribution in [0.15, 0.2) is 10.6 Å². The molecule has 0 bridgehead atoms. The highest BCUT2D eigenvalue weighted by Gasteiger charge is 2.24. The molecule has 0 N–H and O–H groups in total. The Balaban J connectivity index is 1.53. The van der Waals surface area contributed by atoms with E-state index in [1.54, 1.807) is 0 Å². The van der Waals surface area contributed by atoms with Gasteiger partial charge in [-0.2, -0.15) is 0 Å². The highest BCUT2D eigenvalue weighted by atomic mass is 16.5. The molecule has 0 aliphatic carbocycles. The second-order valence-corrected chi connectivity index (χ2v) is 6.60. The highest BCUT2D eigenvalue weighted by Crippen LogP contribution is 2.23. The van der Waals surface area contributed by atoms with Gasteiger partial charge in [0.15, 0.2) is 5.76 Å². The minimum absolute atomic E-state index is 0.731. The van der Waals surface area contributed by atoms with Gasteiger partial charge in [-0.25, -0.2) is 0 Å². The minimum Gasteiger partial charge on any atom is -0.360 e. The molecule has 0 spiro atoms. The lowest BCUT2D eigenvalue weighted by molar-refractivity contribution is 0.110. The summed E-state index contributed by atoms with van der Waals surface area (Å²) in [6.45, 7) is 8.19. The van der Waals surface area contributed by atoms with Gasteiger partial charge in [-0.15, -0.1) is 0 Å². The van der Waals surface area contributed by atoms with Crippen molar-refractivity contribution in [3.63, 3.8) is 0 Å². The first kappa shape index (κ1) is 15.0. The van der Waals surface area contributed by atoms with Crippen molar-refractivity contribution < 1.29 is 4.52 Å². The molecule has 4 nitrogen and oxygen atoms in total. The molecule has 2 saturated heterocycles. The van der Waals surface area contributed by atoms with Crippen LogP contribution >= 0.6 is 0 Å². The number of hydrogen-bond donors (Lipinski definition) is 0. The Morgan fingerprint density at radius 3 is 2.76 bits per heavy atom. The summed E-state index contributed by atoms with van der Waals surface area (Å²) in [4.78, 5) is 5.26. The summed E-state index contributed by atoms with van der Waals surface area (Å²) in [5.74, 6) is 1.04. The molecular weight excluding hydrogens is 262 g/mol. The van der Waals surface area contributed by atoms with Crippen LogP contribution in [-0.4, -0.2) is 47.2 Å². The molecule has 2 aliphatic rings. The maximum Gasteiger partial charge on any atom is 0.150 e. The van der Waals surface area contributed by atoms with Crippen molar-refractivity contribution in [3.05, 3.63) is 17.5 Å². The van der Waals surface area contributed by atoms with Crippen molar-refractivity contribution in [1.29, 1.82) is 0 Å². The Hall–Kier alpha value is -0.870. The molecule has 0 unspecified atom stereocenters. The zero-order valence-electron chi connectivity index (χ0n) is 13.4. The quantitative estimate of drug-likeness (QED) is 0.806. The van der Waals surface area contributed by atoms with Gasteiger partial charge in [0.05, 0.1) is 12.2 Å². The Bertz CT molecular complexity index is 425. The Morgan fingerprint density at radius 1 is 1.19 bits per heavy atom. The smallest absolute Gasteiger partial charge is 0.150 e. The maximum absolute atomic E-state index is 5.48. The molecule has 4 heteroatoms. The summed E-state index contributed by atoms with van der Waals surface area (Å²) in [7, 11) is 0. The first-order valence-corrected chi connectivity index (χ1v) is 8.76. The summed E-state index contributed by atoms with van der Waals surface area (Å²) < 4.78 is 5.48. The second-order valence-electron chi connectivity index (χ2n) is 6.60. The number of likely N-dealkylation sites (tertiary alicyclic amines) is 2. The SMILES string of the molecule is CCc1cc(CN2CCCC[C@H]2CCN2CCCC2)on1. The minimum atomic E-state index is 0.731. The lowest BCUT2D eigenvalue weighted by Gasteiger charge is -2.35. The van der Waals surface area contributed by atoms with Crippen molar-refractivity contribution in [2.24, 2.45) is 0 Å². The fraction of sp³-hybridized carbons (Fsp3) is 0.824. The van der Waals surface area contributed by atoms with E-state index in [-0.39, 0.29) is 0 Å². The van der Waals surface area contributed by atoms with Gasteiger partial charge >= 0.3 is 0 Å². The lowest BCUT2D eigenvalue weighted by Crippen LogP contribution is -2.40. The molecular formula is C17H29N3O. The molecule has 1 aromatic heterocycles. The molecule has 2 aliphatic heterocycles. The van der Waals surface area contributed by atoms with E-state index in [1.165, 1.54) is 64.7 Å². The number of piperidine rings is 1. The zero-order chi connectivity index (χ0) is 14.5. The lowest BCUT2D eigenvalue weighted by atomic mass is 9.99. The van der Waals surface area contributed by atoms with Crippen LogP contribution in [0.5, 0.6) is 0 Å². The summed E-state index contributed by atoms with van der Waals surface area (Å²) >= 11 is 0. The first-order chi connectivity index (χ1) is 10.3. The first-order valence-electron chi connectivity index (χ1n) is 8.76. The maximum atomic E-state index is 5.48. The van der Waals surface area contributed by atoms with E-state index >= 15 is 0 Å². The van der Waals surface area contributed by atoms with Crippen molar-refractivity contribution >= 4 is 0 Å². The van der Waals surface area contributed by atoms with Crippen LogP contribution in [0.4, 0.5) is 0 Å². The molecule has 2 fully saturated rings. The van der Waals surface area contributed by atoms with E-state index < -0.39 is 0 Å². The number of nitrogens with zero attached hydrogens (tertiary/aromatic N) is 3. The Labute approximate surface area is 128 Å². The molecule has 0 radical (unpaired) electrons. The molecule has 118 valence electrons. The van der Waals surface area contributed by atoms with Gasteiger partial charge in [0.1, 0.15) is 0 Å². The summed E-state index contributed by atoms with van der Waals surface area (Å²) in [5, 5.41) is 4.12. The molecule has 0 amide bonds. The number of aryl methyl sites for hydroxylation is 1. The van der Waals surface area contributed by atoms with Crippen molar-refractivity contribution in [2.75, 3.05) is 26.2 Å². The van der Waals surface area contributed by atoms with Crippen molar-refractivity contribution in [2.45, 2.75) is 64.5 Å². The Morgan fingerprint density at radius 2 is 2.00 bits per heavy atom. The van der Waals surface area contributed by atoms with E-state index in [1.807, 2.05) is 0 Å². The summed E-state index contributed by atoms with van der Waals surface area (Å²) in [6.07, 6.45) is 9.13. The van der Waals surface area contributed by atoms with E-state index in [4.69, 9.17) is 4.52 Å². The largest absolute Gasteiger partial charge is 0.360 e. The number of aromatic nitrogens is 1. The van der Waals surface area contributed by atoms with Crippen LogP contribution in [0.3, 0.4) is 0 Å². The summed E-state index contributed by atoms with van der Waals surface area (Å²) in [6, 6.07) is 2.86. The molecule has 1 aromatic rings. The molecule has 3 heterocycles. The third kappa shape index (κ3) is 4.07. The highest BCUT2D eigenvalue weighted by molar-refractivity contribution is 5.05. The van der Waals surface area contributed by atoms with Crippen LogP contribution in [0.1, 0.15) is 56.9 Å². The number of hydrogen-bond acceptors (Lipinski definition) is 4. The van der Waals surface area contributed by atoms with Gasteiger partial charge in [-0.3, -0.25) is 4.90 Å². The average molecular weight is 291 g/mol. The van der Waals surface area contributed by atoms with Gasteiger partial charge in [0, 0.05) is 12.1 Å². The third-order valence-electron chi connectivity index (χ3n) is 5.06. The van der Waals surface area contributed by atoms with Gasteiger partial charge < -0.3 is 9.42 Å². The van der Waals surface area contributed by atoms with Gasteiger partial charge in [0.25, 0.3) is 0 Å². The van der Waals surface area contributed by atoms with E-state index in [0.29, 0.717) is 0 Å². The van der Waals surface area contributed by atoms with E-state index in [9.17, 15) is 0 Å². The predicted octanol–water partition coefficient (Wildman–Crippen LogP) is 3.08. The molecule has 1 atom stereocenters. The normalized spacial score (nSPS) is 24.7. The van der Waals surface area contributed by atoms with Crippen LogP contribution < -0.4 is 0 Å². The fourth-order valence-electron chi connectivity index (χ4n) is 3.73. The van der Waals surface area contributed by atoms with Crippen LogP contribution in [0, 0.1) is 0 Å². The molecule has 0 saturated carbocycles. The van der Waals surface area contributed by atoms with E-state index in [2.05, 4.69) is 27.9 Å². The van der Waals surface area contributed by atoms with Gasteiger partial charge in [-0.1, -0.05) is 18.5 Å². The van der Waals surface area contributed by atoms with Crippen LogP contribution in [0.25, 0.3) is 0 Å². The van der Waals surface area contributed by atoms with Crippen LogP contribution in [0.2, 0.25) is 0 Å². The summed E-state index contributed by atoms with van der Waals surface area (Å²) in [5.41, 5.74) is 1.08. The fourth-order valence-corrected chi connectivity index (χ4v) is 3.73. The standard InChI is InChI=1S/C17H29N3O/c1-2-15-13-17(21-18-15)14-20-11-4-3-7-16(20)8-12-19-9-5-6-10-19/h13,16H,2-12,14H2,1H3/t16-/m0/s1. The monoisotopic (exact) mass is 291 g/mol. The molecule has 3 rings (SSSR count). The topological polar surface area (TPSA) is 32.5 Å². The Kier molecular flexibility index (Phi) is 5.31. The van der Waals surface area contributed by atoms with Gasteiger partial charge in [0.2, 0.25) is 0 Å². The average Bonchev–Trinajstić information content (AvgIpc) is 3.17. The molecule has 21 heavy (non-hydrogen) atoms. The van der Waals surface area contributed by atoms with Crippen molar-refractivity contribution in [1.82, 2.24) is 15.0 Å². The molecule has 0 aromatic carbocycles. The van der Waals surface area contributed by atoms with Crippen molar-refractivity contribution in [3.8, 4) is 0 Å². The van der Waals surface area contributed by atoms with Crippen LogP contribution in [-0.2, 0) is 13.0 Å². The van der Waals surface area contributed by atoms with E-state index in [0.717, 1.165) is 30.5 Å². The second kappa shape index (κ2) is 7.41. The number of rotatable bonds is 6. The third-order valence-corrected chi connectivity index (χ3v) is 5.06. The predicted molar refractivity (Wildman–Crippen MR) is 84.2 cm³/mol.